The lowest BCUT2D eigenvalue weighted by atomic mass is 9.96. The normalized spacial score (nSPS) is 17.5. The fraction of sp³-hybridized carbons (Fsp3) is 0.773. The minimum absolute atomic E-state index is 0.122. The van der Waals surface area contributed by atoms with E-state index in [0.717, 1.165) is 118 Å². The summed E-state index contributed by atoms with van der Waals surface area (Å²) in [6.07, 6.45) is 26.9. The van der Waals surface area contributed by atoms with Gasteiger partial charge in [0.1, 0.15) is 0 Å². The Bertz CT molecular complexity index is 941. The molecular formula is C44H84N6. The first kappa shape index (κ1) is 45.8. The molecule has 1 saturated carbocycles. The van der Waals surface area contributed by atoms with Gasteiger partial charge in [-0.25, -0.2) is 0 Å². The Morgan fingerprint density at radius 1 is 0.660 bits per heavy atom. The van der Waals surface area contributed by atoms with E-state index in [1.807, 2.05) is 0 Å². The van der Waals surface area contributed by atoms with Gasteiger partial charge in [-0.15, -0.1) is 6.58 Å². The average Bonchev–Trinajstić information content (AvgIpc) is 3.50. The Kier molecular flexibility index (Phi) is 27.0. The molecule has 1 fully saturated rings. The fourth-order valence-corrected chi connectivity index (χ4v) is 7.00. The van der Waals surface area contributed by atoms with Crippen LogP contribution in [0.15, 0.2) is 61.3 Å². The maximum Gasteiger partial charge on any atom is 0.0654 e. The Labute approximate surface area is 311 Å². The molecule has 1 rings (SSSR count). The van der Waals surface area contributed by atoms with E-state index in [9.17, 15) is 0 Å². The van der Waals surface area contributed by atoms with E-state index < -0.39 is 0 Å². The number of unbranched alkanes of at least 4 members (excludes halogenated alkanes) is 6. The maximum atomic E-state index is 6.37. The van der Waals surface area contributed by atoms with Crippen LogP contribution in [0, 0.1) is 11.8 Å². The first-order valence-corrected chi connectivity index (χ1v) is 20.9. The fourth-order valence-electron chi connectivity index (χ4n) is 7.00. The molecule has 0 aromatic carbocycles. The molecule has 0 radical (unpaired) electrons. The van der Waals surface area contributed by atoms with Crippen molar-refractivity contribution in [2.75, 3.05) is 19.6 Å². The number of rotatable bonds is 35. The largest absolute Gasteiger partial charge is 0.389 e. The monoisotopic (exact) mass is 697 g/mol. The third kappa shape index (κ3) is 24.9. The standard InChI is InChI=1S/C44H84N6/c1-9-36(4)28-30-42(45)26-15-11-13-17-33-49-40(8)44(50-39(7)23-20-34-48-37(5)22-18-21-35(2)3)31-29-38(6)47-32-16-12-10-14-24-41-25-19-27-43(41)46/h36,41-44,47-50H,2,5-34,45-46H2,1,3-4H3. The van der Waals surface area contributed by atoms with Gasteiger partial charge >= 0.3 is 0 Å². The molecule has 0 aromatic heterocycles. The lowest BCUT2D eigenvalue weighted by Crippen LogP contribution is -2.36. The van der Waals surface area contributed by atoms with Crippen molar-refractivity contribution in [3.05, 3.63) is 61.3 Å². The summed E-state index contributed by atoms with van der Waals surface area (Å²) in [6.45, 7) is 30.9. The quantitative estimate of drug-likeness (QED) is 0.0291. The van der Waals surface area contributed by atoms with E-state index >= 15 is 0 Å². The number of nitrogens with one attached hydrogen (secondary N) is 4. The predicted molar refractivity (Wildman–Crippen MR) is 223 cm³/mol. The van der Waals surface area contributed by atoms with Crippen molar-refractivity contribution < 1.29 is 0 Å². The van der Waals surface area contributed by atoms with Crippen molar-refractivity contribution in [2.45, 2.75) is 187 Å². The summed E-state index contributed by atoms with van der Waals surface area (Å²) in [5.41, 5.74) is 18.2. The summed E-state index contributed by atoms with van der Waals surface area (Å²) in [7, 11) is 0. The summed E-state index contributed by atoms with van der Waals surface area (Å²) in [5.74, 6) is 1.56. The van der Waals surface area contributed by atoms with E-state index in [2.05, 4.69) is 74.9 Å². The Hall–Kier alpha value is -2.18. The van der Waals surface area contributed by atoms with Gasteiger partial charge in [-0.2, -0.15) is 0 Å². The van der Waals surface area contributed by atoms with Crippen molar-refractivity contribution in [1.82, 2.24) is 21.3 Å². The van der Waals surface area contributed by atoms with Crippen LogP contribution in [0.1, 0.15) is 168 Å². The minimum atomic E-state index is 0.122. The van der Waals surface area contributed by atoms with Crippen LogP contribution < -0.4 is 32.7 Å². The lowest BCUT2D eigenvalue weighted by Gasteiger charge is -2.25. The van der Waals surface area contributed by atoms with E-state index in [-0.39, 0.29) is 6.04 Å². The zero-order valence-corrected chi connectivity index (χ0v) is 33.5. The highest BCUT2D eigenvalue weighted by molar-refractivity contribution is 5.10. The van der Waals surface area contributed by atoms with Crippen LogP contribution in [-0.4, -0.2) is 37.8 Å². The smallest absolute Gasteiger partial charge is 0.0654 e. The van der Waals surface area contributed by atoms with Crippen molar-refractivity contribution in [3.63, 3.8) is 0 Å². The third-order valence-electron chi connectivity index (χ3n) is 10.8. The van der Waals surface area contributed by atoms with Gasteiger partial charge in [0.15, 0.2) is 0 Å². The maximum absolute atomic E-state index is 6.37. The molecular weight excluding hydrogens is 613 g/mol. The van der Waals surface area contributed by atoms with Gasteiger partial charge in [-0.05, 0) is 115 Å². The molecule has 0 amide bonds. The van der Waals surface area contributed by atoms with Gasteiger partial charge in [0.25, 0.3) is 0 Å². The highest BCUT2D eigenvalue weighted by Gasteiger charge is 2.22. The zero-order chi connectivity index (χ0) is 37.0. The molecule has 1 aliphatic carbocycles. The van der Waals surface area contributed by atoms with Gasteiger partial charge in [0, 0.05) is 54.5 Å². The second kappa shape index (κ2) is 29.4. The highest BCUT2D eigenvalue weighted by Crippen LogP contribution is 2.28. The zero-order valence-electron chi connectivity index (χ0n) is 33.5. The summed E-state index contributed by atoms with van der Waals surface area (Å²) in [4.78, 5) is 0. The molecule has 6 nitrogen and oxygen atoms in total. The number of nitrogens with two attached hydrogens (primary N) is 2. The molecule has 0 aliphatic heterocycles. The van der Waals surface area contributed by atoms with Crippen LogP contribution in [0.5, 0.6) is 0 Å². The van der Waals surface area contributed by atoms with E-state index in [1.165, 1.54) is 89.0 Å². The molecule has 50 heavy (non-hydrogen) atoms. The first-order chi connectivity index (χ1) is 24.0. The SMILES string of the molecule is C=C(C)CCCC(=C)NCCCC(=C)NC(CCC(=C)NCCCCCCC1CCCC1N)C(=C)NCCCCCCC(N)CCC(C)CC. The molecule has 8 N–H and O–H groups in total. The topological polar surface area (TPSA) is 100 Å². The molecule has 6 heteroatoms. The molecule has 5 atom stereocenters. The van der Waals surface area contributed by atoms with Crippen LogP contribution >= 0.6 is 0 Å². The average molecular weight is 697 g/mol. The van der Waals surface area contributed by atoms with Gasteiger partial charge in [-0.1, -0.05) is 97.1 Å². The molecule has 0 aromatic rings. The van der Waals surface area contributed by atoms with Gasteiger partial charge < -0.3 is 32.7 Å². The van der Waals surface area contributed by atoms with Crippen LogP contribution in [0.25, 0.3) is 0 Å². The summed E-state index contributed by atoms with van der Waals surface area (Å²) in [6, 6.07) is 0.935. The molecule has 0 heterocycles. The molecule has 0 saturated heterocycles. The van der Waals surface area contributed by atoms with Crippen LogP contribution in [0.3, 0.4) is 0 Å². The van der Waals surface area contributed by atoms with Crippen LogP contribution in [0.2, 0.25) is 0 Å². The number of hydrogen-bond donors (Lipinski definition) is 6. The van der Waals surface area contributed by atoms with Gasteiger partial charge in [0.05, 0.1) is 6.04 Å². The molecule has 5 unspecified atom stereocenters. The predicted octanol–water partition coefficient (Wildman–Crippen LogP) is 10.3. The number of hydrogen-bond acceptors (Lipinski definition) is 6. The molecule has 0 bridgehead atoms. The Morgan fingerprint density at radius 2 is 1.28 bits per heavy atom. The van der Waals surface area contributed by atoms with E-state index in [1.54, 1.807) is 0 Å². The van der Waals surface area contributed by atoms with Crippen molar-refractivity contribution in [2.24, 2.45) is 23.3 Å². The van der Waals surface area contributed by atoms with Gasteiger partial charge in [0.2, 0.25) is 0 Å². The van der Waals surface area contributed by atoms with Crippen LogP contribution in [-0.2, 0) is 0 Å². The number of allylic oxidation sites excluding steroid dienone is 4. The summed E-state index contributed by atoms with van der Waals surface area (Å²) in [5, 5.41) is 14.4. The lowest BCUT2D eigenvalue weighted by molar-refractivity contribution is 0.421. The van der Waals surface area contributed by atoms with Crippen molar-refractivity contribution in [3.8, 4) is 0 Å². The van der Waals surface area contributed by atoms with E-state index in [4.69, 9.17) is 11.5 Å². The molecule has 290 valence electrons. The van der Waals surface area contributed by atoms with Crippen LogP contribution in [0.4, 0.5) is 0 Å². The van der Waals surface area contributed by atoms with Crippen molar-refractivity contribution >= 4 is 0 Å². The Morgan fingerprint density at radius 3 is 1.94 bits per heavy atom. The van der Waals surface area contributed by atoms with Crippen molar-refractivity contribution in [1.29, 1.82) is 0 Å². The molecule has 0 spiro atoms. The van der Waals surface area contributed by atoms with E-state index in [0.29, 0.717) is 12.1 Å². The third-order valence-corrected chi connectivity index (χ3v) is 10.8. The second-order valence-electron chi connectivity index (χ2n) is 15.9. The highest BCUT2D eigenvalue weighted by atomic mass is 15.0. The Balaban J connectivity index is 2.39. The first-order valence-electron chi connectivity index (χ1n) is 20.9. The summed E-state index contributed by atoms with van der Waals surface area (Å²) < 4.78 is 0. The summed E-state index contributed by atoms with van der Waals surface area (Å²) >= 11 is 0. The second-order valence-corrected chi connectivity index (χ2v) is 15.9. The van der Waals surface area contributed by atoms with Gasteiger partial charge in [-0.3, -0.25) is 0 Å². The minimum Gasteiger partial charge on any atom is -0.389 e. The molecule has 1 aliphatic rings.